The van der Waals surface area contributed by atoms with Crippen molar-refractivity contribution < 1.29 is 13.2 Å². The number of carbonyl (C=O) groups excluding carboxylic acids is 1. The minimum atomic E-state index is -3.56. The molecule has 0 saturated carbocycles. The molecule has 0 aliphatic rings. The van der Waals surface area contributed by atoms with Gasteiger partial charge in [0.05, 0.1) is 10.4 Å². The molecule has 0 bridgehead atoms. The lowest BCUT2D eigenvalue weighted by molar-refractivity contribution is -0.121. The zero-order chi connectivity index (χ0) is 13.8. The van der Waals surface area contributed by atoms with Crippen LogP contribution in [0.3, 0.4) is 0 Å². The standard InChI is InChI=1S/C9H14ClN3O3S2/c1-6(11)9(14)12-4-5-13-18(15,16)8-3-2-7(10)17-8/h2-3,6,13H,4-5,11H2,1H3,(H,12,14). The van der Waals surface area contributed by atoms with Crippen LogP contribution in [0.2, 0.25) is 4.34 Å². The number of hydrogen-bond donors (Lipinski definition) is 3. The summed E-state index contributed by atoms with van der Waals surface area (Å²) in [7, 11) is -3.56. The summed E-state index contributed by atoms with van der Waals surface area (Å²) in [4.78, 5) is 11.1. The van der Waals surface area contributed by atoms with Crippen molar-refractivity contribution in [3.8, 4) is 0 Å². The van der Waals surface area contributed by atoms with Crippen molar-refractivity contribution in [1.82, 2.24) is 10.0 Å². The average Bonchev–Trinajstić information content (AvgIpc) is 2.71. The third-order valence-corrected chi connectivity index (χ3v) is 5.13. The molecule has 9 heteroatoms. The Kier molecular flexibility index (Phi) is 5.54. The van der Waals surface area contributed by atoms with Gasteiger partial charge in [0.15, 0.2) is 0 Å². The van der Waals surface area contributed by atoms with Crippen molar-refractivity contribution >= 4 is 38.9 Å². The number of rotatable bonds is 6. The Labute approximate surface area is 115 Å². The summed E-state index contributed by atoms with van der Waals surface area (Å²) in [5.41, 5.74) is 5.33. The van der Waals surface area contributed by atoms with Crippen LogP contribution < -0.4 is 15.8 Å². The molecule has 18 heavy (non-hydrogen) atoms. The van der Waals surface area contributed by atoms with Gasteiger partial charge < -0.3 is 11.1 Å². The molecule has 102 valence electrons. The van der Waals surface area contributed by atoms with Gasteiger partial charge in [-0.05, 0) is 19.1 Å². The molecule has 1 rings (SSSR count). The van der Waals surface area contributed by atoms with Crippen LogP contribution in [0.5, 0.6) is 0 Å². The Bertz CT molecular complexity index is 513. The number of nitrogens with two attached hydrogens (primary N) is 1. The Morgan fingerprint density at radius 1 is 1.50 bits per heavy atom. The Morgan fingerprint density at radius 2 is 2.17 bits per heavy atom. The maximum absolute atomic E-state index is 11.7. The molecule has 1 atom stereocenters. The molecule has 0 radical (unpaired) electrons. The van der Waals surface area contributed by atoms with E-state index in [9.17, 15) is 13.2 Å². The van der Waals surface area contributed by atoms with Gasteiger partial charge in [-0.25, -0.2) is 13.1 Å². The van der Waals surface area contributed by atoms with Crippen LogP contribution in [0.25, 0.3) is 0 Å². The predicted molar refractivity (Wildman–Crippen MR) is 71.2 cm³/mol. The first kappa shape index (κ1) is 15.4. The summed E-state index contributed by atoms with van der Waals surface area (Å²) in [5.74, 6) is -0.326. The highest BCUT2D eigenvalue weighted by molar-refractivity contribution is 7.91. The maximum Gasteiger partial charge on any atom is 0.250 e. The highest BCUT2D eigenvalue weighted by atomic mass is 35.5. The van der Waals surface area contributed by atoms with Crippen LogP contribution in [0.1, 0.15) is 6.92 Å². The second kappa shape index (κ2) is 6.48. The van der Waals surface area contributed by atoms with Crippen molar-refractivity contribution in [2.24, 2.45) is 5.73 Å². The van der Waals surface area contributed by atoms with E-state index in [1.807, 2.05) is 0 Å². The van der Waals surface area contributed by atoms with Crippen molar-refractivity contribution in [1.29, 1.82) is 0 Å². The van der Waals surface area contributed by atoms with E-state index < -0.39 is 16.1 Å². The highest BCUT2D eigenvalue weighted by Crippen LogP contribution is 2.24. The number of sulfonamides is 1. The van der Waals surface area contributed by atoms with Crippen molar-refractivity contribution in [3.05, 3.63) is 16.5 Å². The fraction of sp³-hybridized carbons (Fsp3) is 0.444. The molecule has 6 nitrogen and oxygen atoms in total. The molecule has 4 N–H and O–H groups in total. The van der Waals surface area contributed by atoms with Gasteiger partial charge in [0.2, 0.25) is 15.9 Å². The molecule has 0 saturated heterocycles. The fourth-order valence-corrected chi connectivity index (χ4v) is 3.60. The first-order valence-corrected chi connectivity index (χ1v) is 7.79. The molecule has 0 fully saturated rings. The zero-order valence-electron chi connectivity index (χ0n) is 9.64. The topological polar surface area (TPSA) is 101 Å². The molecule has 0 aromatic carbocycles. The maximum atomic E-state index is 11.7. The van der Waals surface area contributed by atoms with Gasteiger partial charge in [-0.3, -0.25) is 4.79 Å². The number of carbonyl (C=O) groups is 1. The molecule has 1 unspecified atom stereocenters. The average molecular weight is 312 g/mol. The third-order valence-electron chi connectivity index (χ3n) is 1.94. The van der Waals surface area contributed by atoms with Crippen LogP contribution in [0.4, 0.5) is 0 Å². The number of amides is 1. The summed E-state index contributed by atoms with van der Waals surface area (Å²) in [6, 6.07) is 2.33. The number of halogens is 1. The van der Waals surface area contributed by atoms with Gasteiger partial charge in [-0.1, -0.05) is 11.6 Å². The van der Waals surface area contributed by atoms with Gasteiger partial charge in [-0.15, -0.1) is 11.3 Å². The van der Waals surface area contributed by atoms with Gasteiger partial charge in [-0.2, -0.15) is 0 Å². The molecular weight excluding hydrogens is 298 g/mol. The predicted octanol–water partition coefficient (Wildman–Crippen LogP) is 0.143. The molecule has 0 aliphatic carbocycles. The quantitative estimate of drug-likeness (QED) is 0.651. The van der Waals surface area contributed by atoms with E-state index in [0.717, 1.165) is 11.3 Å². The summed E-state index contributed by atoms with van der Waals surface area (Å²) in [6.07, 6.45) is 0. The minimum absolute atomic E-state index is 0.0936. The van der Waals surface area contributed by atoms with Crippen LogP contribution in [0, 0.1) is 0 Å². The monoisotopic (exact) mass is 311 g/mol. The van der Waals surface area contributed by atoms with Crippen LogP contribution in [-0.2, 0) is 14.8 Å². The first-order valence-electron chi connectivity index (χ1n) is 5.11. The van der Waals surface area contributed by atoms with E-state index in [1.165, 1.54) is 12.1 Å². The third kappa shape index (κ3) is 4.54. The molecule has 0 aliphatic heterocycles. The van der Waals surface area contributed by atoms with Crippen molar-refractivity contribution in [2.75, 3.05) is 13.1 Å². The minimum Gasteiger partial charge on any atom is -0.353 e. The van der Waals surface area contributed by atoms with E-state index >= 15 is 0 Å². The fourth-order valence-electron chi connectivity index (χ4n) is 1.05. The highest BCUT2D eigenvalue weighted by Gasteiger charge is 2.16. The SMILES string of the molecule is CC(N)C(=O)NCCNS(=O)(=O)c1ccc(Cl)s1. The van der Waals surface area contributed by atoms with Crippen LogP contribution >= 0.6 is 22.9 Å². The van der Waals surface area contributed by atoms with Gasteiger partial charge in [0.25, 0.3) is 0 Å². The summed E-state index contributed by atoms with van der Waals surface area (Å²) >= 11 is 6.63. The first-order chi connectivity index (χ1) is 8.33. The lowest BCUT2D eigenvalue weighted by atomic mass is 10.3. The number of nitrogens with one attached hydrogen (secondary N) is 2. The largest absolute Gasteiger partial charge is 0.353 e. The second-order valence-corrected chi connectivity index (χ2v) is 7.24. The van der Waals surface area contributed by atoms with Gasteiger partial charge in [0, 0.05) is 13.1 Å². The van der Waals surface area contributed by atoms with E-state index in [4.69, 9.17) is 17.3 Å². The molecule has 0 spiro atoms. The smallest absolute Gasteiger partial charge is 0.250 e. The Hall–Kier alpha value is -0.670. The molecular formula is C9H14ClN3O3S2. The van der Waals surface area contributed by atoms with Crippen LogP contribution in [-0.4, -0.2) is 33.5 Å². The van der Waals surface area contributed by atoms with Crippen LogP contribution in [0.15, 0.2) is 16.3 Å². The lowest BCUT2D eigenvalue weighted by Crippen LogP contribution is -2.41. The summed E-state index contributed by atoms with van der Waals surface area (Å²) in [5, 5.41) is 2.50. The van der Waals surface area contributed by atoms with E-state index in [-0.39, 0.29) is 23.2 Å². The van der Waals surface area contributed by atoms with E-state index in [1.54, 1.807) is 6.92 Å². The number of hydrogen-bond acceptors (Lipinski definition) is 5. The van der Waals surface area contributed by atoms with Crippen molar-refractivity contribution in [2.45, 2.75) is 17.2 Å². The van der Waals surface area contributed by atoms with Gasteiger partial charge in [0.1, 0.15) is 4.21 Å². The normalized spacial score (nSPS) is 13.3. The van der Waals surface area contributed by atoms with E-state index in [0.29, 0.717) is 4.34 Å². The lowest BCUT2D eigenvalue weighted by Gasteiger charge is -2.08. The number of thiophene rings is 1. The zero-order valence-corrected chi connectivity index (χ0v) is 12.0. The van der Waals surface area contributed by atoms with Gasteiger partial charge >= 0.3 is 0 Å². The molecule has 1 aromatic heterocycles. The molecule has 1 amide bonds. The molecule has 1 heterocycles. The summed E-state index contributed by atoms with van der Waals surface area (Å²) in [6.45, 7) is 1.82. The van der Waals surface area contributed by atoms with E-state index in [2.05, 4.69) is 10.0 Å². The second-order valence-electron chi connectivity index (χ2n) is 3.54. The van der Waals surface area contributed by atoms with Crippen molar-refractivity contribution in [3.63, 3.8) is 0 Å². The molecule has 1 aromatic rings. The summed E-state index contributed by atoms with van der Waals surface area (Å²) < 4.78 is 26.4. The Morgan fingerprint density at radius 3 is 2.67 bits per heavy atom. The Balaban J connectivity index is 2.42.